The van der Waals surface area contributed by atoms with Crippen LogP contribution in [0.4, 0.5) is 0 Å². The van der Waals surface area contributed by atoms with Gasteiger partial charge >= 0.3 is 0 Å². The van der Waals surface area contributed by atoms with Gasteiger partial charge in [-0.05, 0) is 34.5 Å². The average Bonchev–Trinajstić information content (AvgIpc) is 3.05. The number of nitrogens with two attached hydrogens (primary N) is 1. The van der Waals surface area contributed by atoms with Crippen LogP contribution in [0.3, 0.4) is 0 Å². The van der Waals surface area contributed by atoms with Crippen molar-refractivity contribution >= 4 is 11.3 Å². The van der Waals surface area contributed by atoms with Crippen LogP contribution in [0.5, 0.6) is 11.5 Å². The van der Waals surface area contributed by atoms with Gasteiger partial charge in [-0.3, -0.25) is 0 Å². The molecule has 18 heavy (non-hydrogen) atoms. The average molecular weight is 261 g/mol. The van der Waals surface area contributed by atoms with Gasteiger partial charge in [0.1, 0.15) is 17.6 Å². The molecule has 3 nitrogen and oxygen atoms in total. The highest BCUT2D eigenvalue weighted by Gasteiger charge is 2.26. The minimum atomic E-state index is 0.0875. The second-order valence-electron chi connectivity index (χ2n) is 4.35. The molecule has 0 radical (unpaired) electrons. The summed E-state index contributed by atoms with van der Waals surface area (Å²) in [7, 11) is 1.69. The predicted molar refractivity (Wildman–Crippen MR) is 73.5 cm³/mol. The fourth-order valence-corrected chi connectivity index (χ4v) is 2.94. The van der Waals surface area contributed by atoms with E-state index in [0.29, 0.717) is 6.54 Å². The molecule has 3 rings (SSSR count). The molecule has 94 valence electrons. The summed E-state index contributed by atoms with van der Waals surface area (Å²) >= 11 is 1.68. The van der Waals surface area contributed by atoms with E-state index in [1.807, 2.05) is 12.1 Å². The lowest BCUT2D eigenvalue weighted by molar-refractivity contribution is 0.242. The predicted octanol–water partition coefficient (Wildman–Crippen LogP) is 2.69. The second kappa shape index (κ2) is 4.63. The molecule has 4 heteroatoms. The quantitative estimate of drug-likeness (QED) is 0.924. The fraction of sp³-hybridized carbons (Fsp3) is 0.286. The molecule has 0 saturated carbocycles. The van der Waals surface area contributed by atoms with Gasteiger partial charge in [0.15, 0.2) is 0 Å². The van der Waals surface area contributed by atoms with E-state index in [1.165, 1.54) is 11.1 Å². The molecular weight excluding hydrogens is 246 g/mol. The monoisotopic (exact) mass is 261 g/mol. The number of benzene rings is 1. The van der Waals surface area contributed by atoms with Crippen LogP contribution in [0.15, 0.2) is 29.0 Å². The standard InChI is InChI=1S/C14H15NO2S/c1-16-11-4-10-5-12(7-15)17-14(10)13(6-11)9-2-3-18-8-9/h2-4,6,8,12H,5,7,15H2,1H3/t12-/m0/s1. The molecule has 1 aromatic heterocycles. The van der Waals surface area contributed by atoms with E-state index in [0.717, 1.165) is 23.5 Å². The molecule has 2 aromatic rings. The van der Waals surface area contributed by atoms with Crippen LogP contribution >= 0.6 is 11.3 Å². The van der Waals surface area contributed by atoms with Crippen molar-refractivity contribution < 1.29 is 9.47 Å². The van der Waals surface area contributed by atoms with Crippen molar-refractivity contribution in [1.29, 1.82) is 0 Å². The second-order valence-corrected chi connectivity index (χ2v) is 5.13. The van der Waals surface area contributed by atoms with Gasteiger partial charge < -0.3 is 15.2 Å². The van der Waals surface area contributed by atoms with E-state index in [1.54, 1.807) is 18.4 Å². The molecule has 2 heterocycles. The molecule has 0 spiro atoms. The Morgan fingerprint density at radius 2 is 2.39 bits per heavy atom. The van der Waals surface area contributed by atoms with Crippen LogP contribution in [0, 0.1) is 0 Å². The molecule has 2 N–H and O–H groups in total. The van der Waals surface area contributed by atoms with E-state index < -0.39 is 0 Å². The van der Waals surface area contributed by atoms with Crippen LogP contribution in [0.1, 0.15) is 5.56 Å². The summed E-state index contributed by atoms with van der Waals surface area (Å²) in [5, 5.41) is 4.19. The van der Waals surface area contributed by atoms with Crippen LogP contribution in [-0.2, 0) is 6.42 Å². The first-order valence-electron chi connectivity index (χ1n) is 5.92. The number of hydrogen-bond acceptors (Lipinski definition) is 4. The highest BCUT2D eigenvalue weighted by atomic mass is 32.1. The topological polar surface area (TPSA) is 44.5 Å². The van der Waals surface area contributed by atoms with Gasteiger partial charge in [0, 0.05) is 24.1 Å². The molecular formula is C14H15NO2S. The Labute approximate surface area is 110 Å². The molecule has 1 aromatic carbocycles. The molecule has 1 aliphatic heterocycles. The molecule has 1 aliphatic rings. The molecule has 1 atom stereocenters. The Morgan fingerprint density at radius 3 is 3.06 bits per heavy atom. The lowest BCUT2D eigenvalue weighted by Gasteiger charge is -2.11. The number of methoxy groups -OCH3 is 1. The van der Waals surface area contributed by atoms with Crippen molar-refractivity contribution in [1.82, 2.24) is 0 Å². The first-order chi connectivity index (χ1) is 8.81. The molecule has 0 bridgehead atoms. The minimum Gasteiger partial charge on any atom is -0.497 e. The first-order valence-corrected chi connectivity index (χ1v) is 6.86. The van der Waals surface area contributed by atoms with Gasteiger partial charge in [-0.15, -0.1) is 0 Å². The SMILES string of the molecule is COc1cc2c(c(-c3ccsc3)c1)O[C@H](CN)C2. The third kappa shape index (κ3) is 1.87. The van der Waals surface area contributed by atoms with Crippen molar-refractivity contribution in [2.45, 2.75) is 12.5 Å². The summed E-state index contributed by atoms with van der Waals surface area (Å²) < 4.78 is 11.3. The van der Waals surface area contributed by atoms with Gasteiger partial charge in [-0.1, -0.05) is 0 Å². The zero-order chi connectivity index (χ0) is 12.5. The highest BCUT2D eigenvalue weighted by molar-refractivity contribution is 7.08. The smallest absolute Gasteiger partial charge is 0.131 e. The van der Waals surface area contributed by atoms with E-state index in [2.05, 4.69) is 16.8 Å². The normalized spacial score (nSPS) is 17.3. The summed E-state index contributed by atoms with van der Waals surface area (Å²) in [6.07, 6.45) is 0.949. The van der Waals surface area contributed by atoms with E-state index in [4.69, 9.17) is 15.2 Å². The summed E-state index contributed by atoms with van der Waals surface area (Å²) in [4.78, 5) is 0. The first kappa shape index (κ1) is 11.6. The Kier molecular flexibility index (Phi) is 2.97. The van der Waals surface area contributed by atoms with Crippen molar-refractivity contribution in [2.75, 3.05) is 13.7 Å². The summed E-state index contributed by atoms with van der Waals surface area (Å²) in [5.74, 6) is 1.83. The van der Waals surface area contributed by atoms with Crippen LogP contribution in [-0.4, -0.2) is 19.8 Å². The van der Waals surface area contributed by atoms with Crippen molar-refractivity contribution in [3.05, 3.63) is 34.5 Å². The maximum Gasteiger partial charge on any atom is 0.131 e. The van der Waals surface area contributed by atoms with Crippen LogP contribution in [0.2, 0.25) is 0 Å². The maximum absolute atomic E-state index is 5.93. The van der Waals surface area contributed by atoms with Crippen LogP contribution < -0.4 is 15.2 Å². The summed E-state index contributed by atoms with van der Waals surface area (Å²) in [6.45, 7) is 0.542. The number of thiophene rings is 1. The lowest BCUT2D eigenvalue weighted by atomic mass is 10.0. The molecule has 0 aliphatic carbocycles. The number of hydrogen-bond donors (Lipinski definition) is 1. The Bertz CT molecular complexity index is 551. The van der Waals surface area contributed by atoms with Crippen LogP contribution in [0.25, 0.3) is 11.1 Å². The molecule has 0 amide bonds. The zero-order valence-corrected chi connectivity index (χ0v) is 11.0. The summed E-state index contributed by atoms with van der Waals surface area (Å²) in [5.41, 5.74) is 9.16. The van der Waals surface area contributed by atoms with Gasteiger partial charge in [0.2, 0.25) is 0 Å². The maximum atomic E-state index is 5.93. The minimum absolute atomic E-state index is 0.0875. The molecule has 0 unspecified atom stereocenters. The van der Waals surface area contributed by atoms with Gasteiger partial charge in [0.25, 0.3) is 0 Å². The van der Waals surface area contributed by atoms with Crippen molar-refractivity contribution in [2.24, 2.45) is 5.73 Å². The highest BCUT2D eigenvalue weighted by Crippen LogP contribution is 2.42. The number of rotatable bonds is 3. The van der Waals surface area contributed by atoms with E-state index in [-0.39, 0.29) is 6.10 Å². The molecule has 0 saturated heterocycles. The Hall–Kier alpha value is -1.52. The Balaban J connectivity index is 2.11. The van der Waals surface area contributed by atoms with E-state index >= 15 is 0 Å². The van der Waals surface area contributed by atoms with Gasteiger partial charge in [0.05, 0.1) is 7.11 Å². The molecule has 0 fully saturated rings. The third-order valence-electron chi connectivity index (χ3n) is 3.20. The van der Waals surface area contributed by atoms with Gasteiger partial charge in [-0.2, -0.15) is 11.3 Å². The van der Waals surface area contributed by atoms with E-state index in [9.17, 15) is 0 Å². The van der Waals surface area contributed by atoms with Crippen molar-refractivity contribution in [3.8, 4) is 22.6 Å². The summed E-state index contributed by atoms with van der Waals surface area (Å²) in [6, 6.07) is 6.17. The number of fused-ring (bicyclic) bond motifs is 1. The third-order valence-corrected chi connectivity index (χ3v) is 3.89. The lowest BCUT2D eigenvalue weighted by Crippen LogP contribution is -2.24. The van der Waals surface area contributed by atoms with Gasteiger partial charge in [-0.25, -0.2) is 0 Å². The number of ether oxygens (including phenoxy) is 2. The Morgan fingerprint density at radius 1 is 1.50 bits per heavy atom. The largest absolute Gasteiger partial charge is 0.497 e. The van der Waals surface area contributed by atoms with Crippen molar-refractivity contribution in [3.63, 3.8) is 0 Å². The fourth-order valence-electron chi connectivity index (χ4n) is 2.29. The zero-order valence-electron chi connectivity index (χ0n) is 10.2.